The van der Waals surface area contributed by atoms with Crippen LogP contribution in [0, 0.1) is 0 Å². The van der Waals surface area contributed by atoms with E-state index in [9.17, 15) is 22.8 Å². The average molecular weight is 324 g/mol. The molecule has 3 amide bonds. The van der Waals surface area contributed by atoms with Crippen molar-refractivity contribution in [2.45, 2.75) is 32.1 Å². The number of benzene rings is 1. The minimum Gasteiger partial charge on any atom is -0.272 e. The number of sulfonamides is 1. The summed E-state index contributed by atoms with van der Waals surface area (Å²) in [5.74, 6) is -2.13. The second-order valence-corrected chi connectivity index (χ2v) is 7.50. The highest BCUT2D eigenvalue weighted by Gasteiger charge is 2.41. The second kappa shape index (κ2) is 5.53. The standard InChI is InChI=1S/C14H16N2O5S/c1-8(2)22(20,21)15-12(17)9(3)16-13(18)10-6-4-5-7-11(10)14(16)19/h4-9H,1-3H3,(H,15,17)/t9-/m1/s1. The first-order valence-electron chi connectivity index (χ1n) is 6.69. The lowest BCUT2D eigenvalue weighted by atomic mass is 10.1. The zero-order valence-corrected chi connectivity index (χ0v) is 13.2. The van der Waals surface area contributed by atoms with Crippen LogP contribution in [0.3, 0.4) is 0 Å². The maximum absolute atomic E-state index is 12.2. The van der Waals surface area contributed by atoms with Crippen molar-refractivity contribution in [3.63, 3.8) is 0 Å². The summed E-state index contributed by atoms with van der Waals surface area (Å²) in [6.45, 7) is 4.15. The first kappa shape index (κ1) is 16.2. The Kier molecular flexibility index (Phi) is 4.06. The van der Waals surface area contributed by atoms with E-state index in [0.717, 1.165) is 4.90 Å². The van der Waals surface area contributed by atoms with Gasteiger partial charge in [0.25, 0.3) is 17.7 Å². The lowest BCUT2D eigenvalue weighted by Crippen LogP contribution is -2.50. The summed E-state index contributed by atoms with van der Waals surface area (Å²) in [7, 11) is -3.82. The highest BCUT2D eigenvalue weighted by atomic mass is 32.2. The monoisotopic (exact) mass is 324 g/mol. The number of nitrogens with one attached hydrogen (secondary N) is 1. The van der Waals surface area contributed by atoms with Crippen LogP contribution in [0.2, 0.25) is 0 Å². The molecule has 22 heavy (non-hydrogen) atoms. The molecule has 8 heteroatoms. The summed E-state index contributed by atoms with van der Waals surface area (Å²) in [5, 5.41) is -0.800. The number of hydrogen-bond acceptors (Lipinski definition) is 5. The van der Waals surface area contributed by atoms with Crippen molar-refractivity contribution in [2.24, 2.45) is 0 Å². The van der Waals surface area contributed by atoms with Crippen molar-refractivity contribution in [1.29, 1.82) is 0 Å². The third-order valence-corrected chi connectivity index (χ3v) is 5.18. The zero-order chi connectivity index (χ0) is 16.7. The van der Waals surface area contributed by atoms with Crippen LogP contribution in [0.5, 0.6) is 0 Å². The molecule has 0 unspecified atom stereocenters. The molecule has 1 aliphatic rings. The van der Waals surface area contributed by atoms with E-state index >= 15 is 0 Å². The first-order chi connectivity index (χ1) is 10.2. The van der Waals surface area contributed by atoms with Gasteiger partial charge in [0.15, 0.2) is 0 Å². The van der Waals surface area contributed by atoms with Crippen molar-refractivity contribution in [2.75, 3.05) is 0 Å². The summed E-state index contributed by atoms with van der Waals surface area (Å²) in [5.41, 5.74) is 0.415. The molecule has 0 bridgehead atoms. The molecule has 118 valence electrons. The fourth-order valence-corrected chi connectivity index (χ4v) is 2.71. The van der Waals surface area contributed by atoms with E-state index in [2.05, 4.69) is 0 Å². The number of carbonyl (C=O) groups is 3. The molecule has 1 heterocycles. The topological polar surface area (TPSA) is 101 Å². The van der Waals surface area contributed by atoms with Gasteiger partial charge in [-0.15, -0.1) is 0 Å². The molecule has 2 rings (SSSR count). The first-order valence-corrected chi connectivity index (χ1v) is 8.24. The summed E-state index contributed by atoms with van der Waals surface area (Å²) in [6, 6.07) is 4.99. The largest absolute Gasteiger partial charge is 0.272 e. The van der Waals surface area contributed by atoms with Crippen LogP contribution < -0.4 is 4.72 Å². The predicted molar refractivity (Wildman–Crippen MR) is 78.6 cm³/mol. The maximum atomic E-state index is 12.2. The van der Waals surface area contributed by atoms with Crippen molar-refractivity contribution < 1.29 is 22.8 Å². The second-order valence-electron chi connectivity index (χ2n) is 5.26. The van der Waals surface area contributed by atoms with E-state index in [1.165, 1.54) is 32.9 Å². The molecule has 0 aromatic heterocycles. The van der Waals surface area contributed by atoms with Crippen LogP contribution in [-0.4, -0.2) is 42.3 Å². The van der Waals surface area contributed by atoms with Gasteiger partial charge in [-0.05, 0) is 32.9 Å². The number of nitrogens with zero attached hydrogens (tertiary/aromatic N) is 1. The van der Waals surface area contributed by atoms with E-state index in [0.29, 0.717) is 0 Å². The van der Waals surface area contributed by atoms with Crippen molar-refractivity contribution in [3.8, 4) is 0 Å². The van der Waals surface area contributed by atoms with E-state index in [1.807, 2.05) is 4.72 Å². The average Bonchev–Trinajstić information content (AvgIpc) is 2.70. The Bertz CT molecular complexity index is 719. The van der Waals surface area contributed by atoms with Gasteiger partial charge in [0.05, 0.1) is 16.4 Å². The van der Waals surface area contributed by atoms with Gasteiger partial charge in [-0.1, -0.05) is 12.1 Å². The molecule has 1 aromatic rings. The minimum absolute atomic E-state index is 0.207. The molecule has 0 radical (unpaired) electrons. The zero-order valence-electron chi connectivity index (χ0n) is 12.4. The Morgan fingerprint density at radius 2 is 1.50 bits per heavy atom. The van der Waals surface area contributed by atoms with Crippen LogP contribution in [0.15, 0.2) is 24.3 Å². The molecule has 0 saturated carbocycles. The highest BCUT2D eigenvalue weighted by Crippen LogP contribution is 2.24. The van der Waals surface area contributed by atoms with Crippen LogP contribution in [0.1, 0.15) is 41.5 Å². The molecule has 1 aromatic carbocycles. The molecule has 0 fully saturated rings. The molecule has 0 spiro atoms. The number of carbonyl (C=O) groups excluding carboxylic acids is 3. The Balaban J connectivity index is 2.25. The number of rotatable bonds is 4. The SMILES string of the molecule is CC(C)S(=O)(=O)NC(=O)[C@@H](C)N1C(=O)c2ccccc2C1=O. The normalized spacial score (nSPS) is 15.9. The van der Waals surface area contributed by atoms with Gasteiger partial charge >= 0.3 is 0 Å². The highest BCUT2D eigenvalue weighted by molar-refractivity contribution is 7.90. The van der Waals surface area contributed by atoms with E-state index < -0.39 is 39.0 Å². The predicted octanol–water partition coefficient (Wildman–Crippen LogP) is 0.525. The van der Waals surface area contributed by atoms with Crippen LogP contribution >= 0.6 is 0 Å². The van der Waals surface area contributed by atoms with E-state index in [1.54, 1.807) is 12.1 Å². The van der Waals surface area contributed by atoms with Gasteiger partial charge < -0.3 is 0 Å². The number of imide groups is 1. The van der Waals surface area contributed by atoms with Gasteiger partial charge in [-0.3, -0.25) is 24.0 Å². The lowest BCUT2D eigenvalue weighted by Gasteiger charge is -2.22. The molecule has 1 N–H and O–H groups in total. The fraction of sp³-hybridized carbons (Fsp3) is 0.357. The van der Waals surface area contributed by atoms with E-state index in [-0.39, 0.29) is 11.1 Å². The molecule has 1 atom stereocenters. The quantitative estimate of drug-likeness (QED) is 0.814. The minimum atomic E-state index is -3.82. The molecular formula is C14H16N2O5S. The Morgan fingerprint density at radius 3 is 1.91 bits per heavy atom. The van der Waals surface area contributed by atoms with Crippen molar-refractivity contribution in [1.82, 2.24) is 9.62 Å². The van der Waals surface area contributed by atoms with Crippen LogP contribution in [0.25, 0.3) is 0 Å². The molecule has 7 nitrogen and oxygen atoms in total. The Labute approximate surface area is 128 Å². The van der Waals surface area contributed by atoms with Gasteiger partial charge in [0.2, 0.25) is 10.0 Å². The molecule has 0 aliphatic carbocycles. The summed E-state index contributed by atoms with van der Waals surface area (Å²) in [4.78, 5) is 37.3. The fourth-order valence-electron chi connectivity index (χ4n) is 2.02. The van der Waals surface area contributed by atoms with Crippen molar-refractivity contribution in [3.05, 3.63) is 35.4 Å². The number of fused-ring (bicyclic) bond motifs is 1. The third-order valence-electron chi connectivity index (χ3n) is 3.46. The number of amides is 3. The summed E-state index contributed by atoms with van der Waals surface area (Å²) >= 11 is 0. The summed E-state index contributed by atoms with van der Waals surface area (Å²) in [6.07, 6.45) is 0. The van der Waals surface area contributed by atoms with Gasteiger partial charge in [0, 0.05) is 0 Å². The Hall–Kier alpha value is -2.22. The molecule has 1 aliphatic heterocycles. The lowest BCUT2D eigenvalue weighted by molar-refractivity contribution is -0.122. The third kappa shape index (κ3) is 2.61. The van der Waals surface area contributed by atoms with Crippen molar-refractivity contribution >= 4 is 27.7 Å². The smallest absolute Gasteiger partial charge is 0.262 e. The van der Waals surface area contributed by atoms with Crippen LogP contribution in [-0.2, 0) is 14.8 Å². The van der Waals surface area contributed by atoms with E-state index in [4.69, 9.17) is 0 Å². The number of hydrogen-bond donors (Lipinski definition) is 1. The van der Waals surface area contributed by atoms with Gasteiger partial charge in [-0.25, -0.2) is 8.42 Å². The summed E-state index contributed by atoms with van der Waals surface area (Å²) < 4.78 is 25.3. The van der Waals surface area contributed by atoms with Crippen LogP contribution in [0.4, 0.5) is 0 Å². The van der Waals surface area contributed by atoms with Gasteiger partial charge in [0.1, 0.15) is 6.04 Å². The molecular weight excluding hydrogens is 308 g/mol. The molecule has 0 saturated heterocycles. The van der Waals surface area contributed by atoms with Gasteiger partial charge in [-0.2, -0.15) is 0 Å². The Morgan fingerprint density at radius 1 is 1.05 bits per heavy atom. The maximum Gasteiger partial charge on any atom is 0.262 e.